The number of phenolic OH excluding ortho intramolecular Hbond substituents is 1. The molecule has 0 saturated carbocycles. The van der Waals surface area contributed by atoms with E-state index < -0.39 is 33.4 Å². The molecule has 3 fully saturated rings. The number of likely N-dealkylation sites (tertiary alicyclic amines) is 2. The highest BCUT2D eigenvalue weighted by atomic mass is 28.4. The molecule has 312 valence electrons. The van der Waals surface area contributed by atoms with E-state index in [1.807, 2.05) is 30.3 Å². The number of nitrogens with zero attached hydrogens (tertiary/aromatic N) is 2. The van der Waals surface area contributed by atoms with Crippen LogP contribution < -0.4 is 10.4 Å². The first-order valence-electron chi connectivity index (χ1n) is 21.8. The Bertz CT molecular complexity index is 2160. The van der Waals surface area contributed by atoms with Gasteiger partial charge in [-0.05, 0) is 101 Å². The summed E-state index contributed by atoms with van der Waals surface area (Å²) >= 11 is 0. The van der Waals surface area contributed by atoms with E-state index in [9.17, 15) is 19.7 Å². The zero-order valence-corrected chi connectivity index (χ0v) is 36.5. The van der Waals surface area contributed by atoms with Crippen molar-refractivity contribution in [2.75, 3.05) is 19.7 Å². The summed E-state index contributed by atoms with van der Waals surface area (Å²) in [5.74, 6) is -1.34. The van der Waals surface area contributed by atoms with Crippen LogP contribution in [0.25, 0.3) is 6.08 Å². The number of phenols is 1. The van der Waals surface area contributed by atoms with Gasteiger partial charge in [0.05, 0.1) is 24.5 Å². The van der Waals surface area contributed by atoms with Gasteiger partial charge in [0.25, 0.3) is 8.32 Å². The SMILES string of the molecule is C/C(=C\c1cccc(O)c1)CC[C@H]1OB(O)C[C@H]2C1=C(CO[Si](c1ccccc1)(c1ccccc1)C(C)(C)C)C[C@H]1C(=O)N(C3CCN(Cc4ccccc4)CC3)C(=O)[C@H]12. The van der Waals surface area contributed by atoms with Crippen LogP contribution in [0.15, 0.2) is 132 Å². The number of allylic oxidation sites excluding steroid dienone is 1. The summed E-state index contributed by atoms with van der Waals surface area (Å²) in [7, 11) is -4.03. The summed E-state index contributed by atoms with van der Waals surface area (Å²) in [6.45, 7) is 11.7. The average Bonchev–Trinajstić information content (AvgIpc) is 3.49. The molecular weight excluding hydrogens is 763 g/mol. The van der Waals surface area contributed by atoms with E-state index in [1.54, 1.807) is 17.0 Å². The smallest absolute Gasteiger partial charge is 0.455 e. The molecule has 8 nitrogen and oxygen atoms in total. The zero-order valence-electron chi connectivity index (χ0n) is 35.5. The van der Waals surface area contributed by atoms with Gasteiger partial charge < -0.3 is 19.2 Å². The second-order valence-electron chi connectivity index (χ2n) is 18.4. The zero-order chi connectivity index (χ0) is 42.0. The fraction of sp³-hybridized carbons (Fsp3) is 0.400. The van der Waals surface area contributed by atoms with Crippen molar-refractivity contribution in [3.05, 3.63) is 143 Å². The minimum absolute atomic E-state index is 0.0732. The van der Waals surface area contributed by atoms with Crippen molar-refractivity contribution >= 4 is 43.7 Å². The summed E-state index contributed by atoms with van der Waals surface area (Å²) < 4.78 is 14.0. The lowest BCUT2D eigenvalue weighted by Gasteiger charge is -2.46. The molecule has 0 radical (unpaired) electrons. The van der Waals surface area contributed by atoms with Crippen molar-refractivity contribution in [1.82, 2.24) is 9.80 Å². The highest BCUT2D eigenvalue weighted by Crippen LogP contribution is 2.52. The molecule has 1 aliphatic carbocycles. The van der Waals surface area contributed by atoms with Crippen LogP contribution in [0.4, 0.5) is 0 Å². The number of aromatic hydroxyl groups is 1. The third-order valence-electron chi connectivity index (χ3n) is 13.5. The minimum atomic E-state index is -2.97. The van der Waals surface area contributed by atoms with E-state index in [1.165, 1.54) is 15.9 Å². The molecule has 4 aliphatic rings. The molecule has 4 aromatic carbocycles. The predicted molar refractivity (Wildman–Crippen MR) is 241 cm³/mol. The lowest BCUT2D eigenvalue weighted by atomic mass is 9.58. The van der Waals surface area contributed by atoms with Gasteiger partial charge >= 0.3 is 7.12 Å². The summed E-state index contributed by atoms with van der Waals surface area (Å²) in [6, 6.07) is 38.7. The minimum Gasteiger partial charge on any atom is -0.508 e. The van der Waals surface area contributed by atoms with Crippen molar-refractivity contribution in [2.24, 2.45) is 17.8 Å². The molecule has 4 aromatic rings. The summed E-state index contributed by atoms with van der Waals surface area (Å²) in [4.78, 5) is 33.6. The van der Waals surface area contributed by atoms with Gasteiger partial charge in [-0.1, -0.05) is 136 Å². The Hall–Kier alpha value is -4.58. The van der Waals surface area contributed by atoms with E-state index in [0.29, 0.717) is 25.9 Å². The van der Waals surface area contributed by atoms with Crippen LogP contribution in [0.3, 0.4) is 0 Å². The Morgan fingerprint density at radius 2 is 1.50 bits per heavy atom. The van der Waals surface area contributed by atoms with Gasteiger partial charge in [-0.15, -0.1) is 0 Å². The van der Waals surface area contributed by atoms with Crippen LogP contribution in [0, 0.1) is 17.8 Å². The first kappa shape index (κ1) is 42.1. The van der Waals surface area contributed by atoms with E-state index in [-0.39, 0.29) is 40.9 Å². The number of carbonyl (C=O) groups excluding carboxylic acids is 2. The molecule has 10 heteroatoms. The second kappa shape index (κ2) is 17.8. The number of fused-ring (bicyclic) bond motifs is 3. The van der Waals surface area contributed by atoms with Gasteiger partial charge in [-0.25, -0.2) is 0 Å². The van der Waals surface area contributed by atoms with Crippen LogP contribution in [-0.2, 0) is 25.2 Å². The Balaban J connectivity index is 1.13. The second-order valence-corrected chi connectivity index (χ2v) is 22.7. The molecule has 3 heterocycles. The van der Waals surface area contributed by atoms with Crippen LogP contribution in [0.1, 0.15) is 70.9 Å². The fourth-order valence-electron chi connectivity index (χ4n) is 10.7. The Morgan fingerprint density at radius 1 is 0.867 bits per heavy atom. The number of benzene rings is 4. The highest BCUT2D eigenvalue weighted by Gasteiger charge is 2.59. The summed E-state index contributed by atoms with van der Waals surface area (Å²) in [5.41, 5.74) is 5.35. The fourth-order valence-corrected chi connectivity index (χ4v) is 15.3. The monoisotopic (exact) mass is 822 g/mol. The van der Waals surface area contributed by atoms with Crippen LogP contribution >= 0.6 is 0 Å². The van der Waals surface area contributed by atoms with Crippen molar-refractivity contribution in [3.63, 3.8) is 0 Å². The van der Waals surface area contributed by atoms with Gasteiger partial charge in [0, 0.05) is 25.7 Å². The van der Waals surface area contributed by atoms with E-state index in [2.05, 4.69) is 111 Å². The maximum absolute atomic E-state index is 14.8. The number of hydrogen-bond donors (Lipinski definition) is 2. The molecule has 3 saturated heterocycles. The van der Waals surface area contributed by atoms with E-state index in [4.69, 9.17) is 9.08 Å². The molecule has 0 aromatic heterocycles. The van der Waals surface area contributed by atoms with Crippen LogP contribution in [-0.4, -0.2) is 79.0 Å². The van der Waals surface area contributed by atoms with Crippen molar-refractivity contribution in [1.29, 1.82) is 0 Å². The van der Waals surface area contributed by atoms with Crippen molar-refractivity contribution < 1.29 is 28.8 Å². The lowest BCUT2D eigenvalue weighted by Crippen LogP contribution is -2.66. The molecule has 3 aliphatic heterocycles. The predicted octanol–water partition coefficient (Wildman–Crippen LogP) is 7.61. The number of imide groups is 1. The standard InChI is InChI=1S/C50H59BN2O6Si/c1-35(29-37-17-14-18-40(54)30-37)23-24-45-46-38(34-58-60(50(2,3)4,41-19-10-6-11-20-41)42-21-12-7-13-22-42)31-43-47(44(46)32-51(57)59-45)49(56)53(48(43)55)39-25-27-52(28-26-39)33-36-15-8-5-9-16-36/h5-22,29-30,39,43-45,47,54,57H,23-28,31-34H2,1-4H3/b35-29+/t43-,44+,45-,47-/m1/s1. The van der Waals surface area contributed by atoms with E-state index >= 15 is 0 Å². The Labute approximate surface area is 357 Å². The van der Waals surface area contributed by atoms with Gasteiger partial charge in [0.15, 0.2) is 0 Å². The van der Waals surface area contributed by atoms with Gasteiger partial charge in [-0.3, -0.25) is 19.4 Å². The average molecular weight is 823 g/mol. The Morgan fingerprint density at radius 3 is 2.12 bits per heavy atom. The third-order valence-corrected chi connectivity index (χ3v) is 18.5. The number of hydrogen-bond acceptors (Lipinski definition) is 7. The van der Waals surface area contributed by atoms with Gasteiger partial charge in [-0.2, -0.15) is 0 Å². The molecular formula is C50H59BN2O6Si. The maximum Gasteiger partial charge on any atom is 0.455 e. The number of amides is 2. The molecule has 60 heavy (non-hydrogen) atoms. The number of rotatable bonds is 12. The van der Waals surface area contributed by atoms with Crippen LogP contribution in [0.5, 0.6) is 5.75 Å². The normalized spacial score (nSPS) is 23.2. The topological polar surface area (TPSA) is 99.5 Å². The lowest BCUT2D eigenvalue weighted by molar-refractivity contribution is -0.144. The largest absolute Gasteiger partial charge is 0.508 e. The third kappa shape index (κ3) is 8.50. The molecule has 2 N–H and O–H groups in total. The first-order valence-corrected chi connectivity index (χ1v) is 23.7. The number of carbonyl (C=O) groups is 2. The van der Waals surface area contributed by atoms with Gasteiger partial charge in [0.2, 0.25) is 11.8 Å². The van der Waals surface area contributed by atoms with Crippen molar-refractivity contribution in [3.8, 4) is 5.75 Å². The molecule has 2 amide bonds. The van der Waals surface area contributed by atoms with E-state index in [0.717, 1.165) is 54.8 Å². The maximum atomic E-state index is 14.8. The molecule has 8 rings (SSSR count). The van der Waals surface area contributed by atoms with Crippen molar-refractivity contribution in [2.45, 2.75) is 89.8 Å². The summed E-state index contributed by atoms with van der Waals surface area (Å²) in [6.07, 6.45) is 5.07. The molecule has 0 unspecified atom stereocenters. The number of piperidine rings is 1. The highest BCUT2D eigenvalue weighted by molar-refractivity contribution is 6.99. The van der Waals surface area contributed by atoms with Crippen LogP contribution in [0.2, 0.25) is 11.4 Å². The molecule has 4 atom stereocenters. The van der Waals surface area contributed by atoms with Gasteiger partial charge in [0.1, 0.15) is 5.75 Å². The molecule has 0 spiro atoms. The molecule has 0 bridgehead atoms. The first-order chi connectivity index (χ1) is 28.9. The summed E-state index contributed by atoms with van der Waals surface area (Å²) in [5, 5.41) is 23.6. The quantitative estimate of drug-likeness (QED) is 0.0863. The Kier molecular flexibility index (Phi) is 12.5.